The summed E-state index contributed by atoms with van der Waals surface area (Å²) >= 11 is 6.15. The maximum absolute atomic E-state index is 13.3. The second-order valence-electron chi connectivity index (χ2n) is 10.2. The van der Waals surface area contributed by atoms with Gasteiger partial charge in [0.1, 0.15) is 11.6 Å². The standard InChI is InChI=1S/C27H37ClN4O4/c1-21(2)26-29-9-12-31(26)11-7-24(33)32-10-4-8-27(19-32,18-25(34)30-13-15-35-16-14-30)20-36-23-6-3-5-22(28)17-23/h3,5-6,9,12,17,21H,4,7-8,10-11,13-16,18-20H2,1-2H3/t27-/m1/s1. The molecule has 1 aromatic carbocycles. The molecule has 2 saturated heterocycles. The fourth-order valence-electron chi connectivity index (χ4n) is 5.16. The minimum Gasteiger partial charge on any atom is -0.493 e. The lowest BCUT2D eigenvalue weighted by Gasteiger charge is -2.43. The van der Waals surface area contributed by atoms with Crippen LogP contribution < -0.4 is 4.74 Å². The Morgan fingerprint density at radius 3 is 2.72 bits per heavy atom. The molecule has 8 nitrogen and oxygen atoms in total. The van der Waals surface area contributed by atoms with Crippen LogP contribution in [0.3, 0.4) is 0 Å². The molecule has 36 heavy (non-hydrogen) atoms. The van der Waals surface area contributed by atoms with Gasteiger partial charge >= 0.3 is 0 Å². The predicted molar refractivity (Wildman–Crippen MR) is 138 cm³/mol. The molecule has 1 aromatic heterocycles. The number of rotatable bonds is 9. The van der Waals surface area contributed by atoms with E-state index in [1.54, 1.807) is 18.3 Å². The molecule has 0 saturated carbocycles. The van der Waals surface area contributed by atoms with Crippen molar-refractivity contribution < 1.29 is 19.1 Å². The van der Waals surface area contributed by atoms with Crippen LogP contribution in [0.2, 0.25) is 5.02 Å². The van der Waals surface area contributed by atoms with Crippen LogP contribution >= 0.6 is 11.6 Å². The lowest BCUT2D eigenvalue weighted by atomic mass is 9.77. The van der Waals surface area contributed by atoms with Crippen molar-refractivity contribution in [1.82, 2.24) is 19.4 Å². The van der Waals surface area contributed by atoms with Crippen molar-refractivity contribution in [2.45, 2.75) is 52.0 Å². The van der Waals surface area contributed by atoms with Gasteiger partial charge in [-0.15, -0.1) is 0 Å². The molecule has 0 radical (unpaired) electrons. The van der Waals surface area contributed by atoms with Gasteiger partial charge in [0.2, 0.25) is 11.8 Å². The average Bonchev–Trinajstić information content (AvgIpc) is 3.36. The highest BCUT2D eigenvalue weighted by molar-refractivity contribution is 6.30. The fourth-order valence-corrected chi connectivity index (χ4v) is 5.34. The highest BCUT2D eigenvalue weighted by atomic mass is 35.5. The molecule has 2 aliphatic heterocycles. The Kier molecular flexibility index (Phi) is 8.90. The van der Waals surface area contributed by atoms with E-state index in [0.29, 0.717) is 82.1 Å². The van der Waals surface area contributed by atoms with Gasteiger partial charge < -0.3 is 23.8 Å². The number of aryl methyl sites for hydroxylation is 1. The van der Waals surface area contributed by atoms with Crippen molar-refractivity contribution in [1.29, 1.82) is 0 Å². The Hall–Kier alpha value is -2.58. The Bertz CT molecular complexity index is 1040. The zero-order valence-corrected chi connectivity index (χ0v) is 22.1. The summed E-state index contributed by atoms with van der Waals surface area (Å²) in [6.07, 6.45) is 6.13. The summed E-state index contributed by atoms with van der Waals surface area (Å²) < 4.78 is 13.7. The zero-order chi connectivity index (χ0) is 25.5. The van der Waals surface area contributed by atoms with Gasteiger partial charge in [-0.1, -0.05) is 31.5 Å². The van der Waals surface area contributed by atoms with Crippen LogP contribution in [0.25, 0.3) is 0 Å². The van der Waals surface area contributed by atoms with Crippen molar-refractivity contribution in [2.75, 3.05) is 46.0 Å². The minimum atomic E-state index is -0.455. The lowest BCUT2D eigenvalue weighted by Crippen LogP contribution is -2.52. The highest BCUT2D eigenvalue weighted by Gasteiger charge is 2.41. The summed E-state index contributed by atoms with van der Waals surface area (Å²) in [5.74, 6) is 2.16. The summed E-state index contributed by atoms with van der Waals surface area (Å²) in [4.78, 5) is 34.8. The molecule has 2 fully saturated rings. The summed E-state index contributed by atoms with van der Waals surface area (Å²) in [6.45, 7) is 8.70. The van der Waals surface area contributed by atoms with Gasteiger partial charge in [0.15, 0.2) is 0 Å². The molecule has 0 N–H and O–H groups in total. The molecule has 2 aromatic rings. The third kappa shape index (κ3) is 6.79. The van der Waals surface area contributed by atoms with E-state index in [4.69, 9.17) is 21.1 Å². The number of carbonyl (C=O) groups excluding carboxylic acids is 2. The molecule has 2 amide bonds. The van der Waals surface area contributed by atoms with Crippen LogP contribution in [0.1, 0.15) is 51.3 Å². The summed E-state index contributed by atoms with van der Waals surface area (Å²) in [7, 11) is 0. The Morgan fingerprint density at radius 1 is 1.17 bits per heavy atom. The molecule has 1 atom stereocenters. The summed E-state index contributed by atoms with van der Waals surface area (Å²) in [5, 5.41) is 0.603. The number of likely N-dealkylation sites (tertiary alicyclic amines) is 1. The molecule has 3 heterocycles. The molecular formula is C27H37ClN4O4. The first-order valence-electron chi connectivity index (χ1n) is 12.9. The number of hydrogen-bond donors (Lipinski definition) is 0. The molecular weight excluding hydrogens is 480 g/mol. The quantitative estimate of drug-likeness (QED) is 0.503. The summed E-state index contributed by atoms with van der Waals surface area (Å²) in [6, 6.07) is 7.30. The van der Waals surface area contributed by atoms with Crippen molar-refractivity contribution >= 4 is 23.4 Å². The third-order valence-electron chi connectivity index (χ3n) is 7.08. The number of nitrogens with zero attached hydrogens (tertiary/aromatic N) is 4. The van der Waals surface area contributed by atoms with E-state index in [9.17, 15) is 9.59 Å². The number of hydrogen-bond acceptors (Lipinski definition) is 5. The van der Waals surface area contributed by atoms with Crippen molar-refractivity contribution in [3.63, 3.8) is 0 Å². The number of imidazole rings is 1. The molecule has 4 rings (SSSR count). The van der Waals surface area contributed by atoms with Crippen LogP contribution in [0.4, 0.5) is 0 Å². The highest BCUT2D eigenvalue weighted by Crippen LogP contribution is 2.36. The first-order chi connectivity index (χ1) is 17.3. The topological polar surface area (TPSA) is 76.9 Å². The third-order valence-corrected chi connectivity index (χ3v) is 7.31. The average molecular weight is 517 g/mol. The molecule has 2 aliphatic rings. The van der Waals surface area contributed by atoms with E-state index in [1.165, 1.54) is 0 Å². The first-order valence-corrected chi connectivity index (χ1v) is 13.3. The van der Waals surface area contributed by atoms with Crippen molar-refractivity contribution in [2.24, 2.45) is 5.41 Å². The molecule has 0 unspecified atom stereocenters. The number of carbonyl (C=O) groups is 2. The van der Waals surface area contributed by atoms with Crippen molar-refractivity contribution in [3.8, 4) is 5.75 Å². The monoisotopic (exact) mass is 516 g/mol. The fraction of sp³-hybridized carbons (Fsp3) is 0.593. The molecule has 0 spiro atoms. The number of ether oxygens (including phenoxy) is 2. The Labute approximate surface area is 218 Å². The number of aromatic nitrogens is 2. The van der Waals surface area contributed by atoms with E-state index in [0.717, 1.165) is 18.7 Å². The Balaban J connectivity index is 1.45. The molecule has 0 aliphatic carbocycles. The van der Waals surface area contributed by atoms with Crippen LogP contribution in [0.5, 0.6) is 5.75 Å². The van der Waals surface area contributed by atoms with Gasteiger partial charge in [-0.25, -0.2) is 4.98 Å². The van der Waals surface area contributed by atoms with Gasteiger partial charge in [0, 0.05) is 74.3 Å². The van der Waals surface area contributed by atoms with E-state index in [1.807, 2.05) is 28.1 Å². The Morgan fingerprint density at radius 2 is 1.97 bits per heavy atom. The van der Waals surface area contributed by atoms with Gasteiger partial charge in [0.25, 0.3) is 0 Å². The normalized spacial score (nSPS) is 20.6. The molecule has 0 bridgehead atoms. The minimum absolute atomic E-state index is 0.0993. The van der Waals surface area contributed by atoms with Gasteiger partial charge in [-0.3, -0.25) is 9.59 Å². The second-order valence-corrected chi connectivity index (χ2v) is 10.7. The van der Waals surface area contributed by atoms with Crippen LogP contribution in [0, 0.1) is 5.41 Å². The van der Waals surface area contributed by atoms with Crippen LogP contribution in [-0.4, -0.2) is 77.2 Å². The second kappa shape index (κ2) is 12.1. The van der Waals surface area contributed by atoms with Gasteiger partial charge in [-0.2, -0.15) is 0 Å². The van der Waals surface area contributed by atoms with Crippen LogP contribution in [0.15, 0.2) is 36.7 Å². The van der Waals surface area contributed by atoms with E-state index in [2.05, 4.69) is 23.4 Å². The molecule has 196 valence electrons. The molecule has 9 heteroatoms. The smallest absolute Gasteiger partial charge is 0.224 e. The first kappa shape index (κ1) is 26.5. The van der Waals surface area contributed by atoms with E-state index in [-0.39, 0.29) is 11.8 Å². The van der Waals surface area contributed by atoms with Gasteiger partial charge in [0.05, 0.1) is 19.8 Å². The zero-order valence-electron chi connectivity index (χ0n) is 21.3. The SMILES string of the molecule is CC(C)c1nccn1CCC(=O)N1CCC[C@@](COc2cccc(Cl)c2)(CC(=O)N2CCOCC2)C1. The lowest BCUT2D eigenvalue weighted by molar-refractivity contribution is -0.144. The number of morpholine rings is 1. The maximum Gasteiger partial charge on any atom is 0.224 e. The number of piperidine rings is 1. The number of amides is 2. The number of halogens is 1. The largest absolute Gasteiger partial charge is 0.493 e. The van der Waals surface area contributed by atoms with E-state index >= 15 is 0 Å². The summed E-state index contributed by atoms with van der Waals surface area (Å²) in [5.41, 5.74) is -0.455. The van der Waals surface area contributed by atoms with Crippen LogP contribution in [-0.2, 0) is 20.9 Å². The predicted octanol–water partition coefficient (Wildman–Crippen LogP) is 3.99. The van der Waals surface area contributed by atoms with E-state index < -0.39 is 5.41 Å². The van der Waals surface area contributed by atoms with Crippen molar-refractivity contribution in [3.05, 3.63) is 47.5 Å². The van der Waals surface area contributed by atoms with Gasteiger partial charge in [-0.05, 0) is 31.0 Å². The number of benzene rings is 1. The maximum atomic E-state index is 13.3.